The smallest absolute Gasteiger partial charge is 0.130 e. The number of aromatic hydroxyl groups is 2. The van der Waals surface area contributed by atoms with Gasteiger partial charge in [0.2, 0.25) is 0 Å². The number of rotatable bonds is 14. The quantitative estimate of drug-likeness (QED) is 0.0840. The van der Waals surface area contributed by atoms with Gasteiger partial charge in [0.25, 0.3) is 0 Å². The van der Waals surface area contributed by atoms with Crippen molar-refractivity contribution in [1.82, 2.24) is 30.6 Å². The number of aromatic nitrogens is 4. The molecule has 0 saturated heterocycles. The zero-order valence-corrected chi connectivity index (χ0v) is 35.6. The molecule has 64 heavy (non-hydrogen) atoms. The third-order valence-corrected chi connectivity index (χ3v) is 11.4. The Morgan fingerprint density at radius 1 is 0.375 bits per heavy atom. The van der Waals surface area contributed by atoms with Gasteiger partial charge in [-0.25, -0.2) is 0 Å². The molecule has 10 heteroatoms. The summed E-state index contributed by atoms with van der Waals surface area (Å²) in [5.74, 6) is 1.87. The van der Waals surface area contributed by atoms with Crippen LogP contribution in [0.5, 0.6) is 23.0 Å². The highest BCUT2D eigenvalue weighted by Gasteiger charge is 2.22. The number of hydrogen-bond donors (Lipinski definition) is 4. The highest BCUT2D eigenvalue weighted by molar-refractivity contribution is 5.57. The van der Waals surface area contributed by atoms with Gasteiger partial charge in [-0.15, -0.1) is 0 Å². The molecule has 4 N–H and O–H groups in total. The largest absolute Gasteiger partial charge is 0.507 e. The number of nitrogens with one attached hydrogen (secondary N) is 2. The molecule has 0 spiro atoms. The van der Waals surface area contributed by atoms with Gasteiger partial charge in [0.1, 0.15) is 36.2 Å². The monoisotopic (exact) mass is 846 g/mol. The lowest BCUT2D eigenvalue weighted by molar-refractivity contribution is 0.295. The molecule has 0 unspecified atom stereocenters. The van der Waals surface area contributed by atoms with E-state index in [-0.39, 0.29) is 24.7 Å². The number of phenolic OH excluding ortho intramolecular Hbond substituents is 2. The van der Waals surface area contributed by atoms with E-state index in [2.05, 4.69) is 79.1 Å². The fourth-order valence-corrected chi connectivity index (χ4v) is 8.37. The van der Waals surface area contributed by atoms with Crippen molar-refractivity contribution in [2.45, 2.75) is 65.1 Å². The summed E-state index contributed by atoms with van der Waals surface area (Å²) in [6.07, 6.45) is 8.72. The van der Waals surface area contributed by atoms with Gasteiger partial charge in [0, 0.05) is 76.6 Å². The summed E-state index contributed by atoms with van der Waals surface area (Å²) >= 11 is 0. The molecule has 9 rings (SSSR count). The van der Waals surface area contributed by atoms with Crippen LogP contribution in [0.1, 0.15) is 78.4 Å². The average Bonchev–Trinajstić information content (AvgIpc) is 3.32. The Kier molecular flexibility index (Phi) is 13.2. The second-order valence-corrected chi connectivity index (χ2v) is 16.1. The molecule has 1 aliphatic carbocycles. The van der Waals surface area contributed by atoms with Crippen LogP contribution in [0.25, 0.3) is 0 Å². The summed E-state index contributed by atoms with van der Waals surface area (Å²) < 4.78 is 13.5. The van der Waals surface area contributed by atoms with Crippen molar-refractivity contribution in [2.75, 3.05) is 0 Å². The first-order chi connectivity index (χ1) is 31.5. The van der Waals surface area contributed by atoms with Crippen LogP contribution in [0.2, 0.25) is 0 Å². The van der Waals surface area contributed by atoms with Crippen LogP contribution in [-0.4, -0.2) is 30.1 Å². The summed E-state index contributed by atoms with van der Waals surface area (Å²) in [7, 11) is 0. The zero-order valence-electron chi connectivity index (χ0n) is 35.6. The molecule has 10 nitrogen and oxygen atoms in total. The van der Waals surface area contributed by atoms with Crippen LogP contribution in [-0.2, 0) is 65.1 Å². The predicted octanol–water partition coefficient (Wildman–Crippen LogP) is 9.09. The third-order valence-electron chi connectivity index (χ3n) is 11.4. The lowest BCUT2D eigenvalue weighted by atomic mass is 9.89. The van der Waals surface area contributed by atoms with Crippen LogP contribution < -0.4 is 20.1 Å². The molecule has 320 valence electrons. The standard InChI is InChI=1S/C54H50N6O4/c61-51-43-23-37(31-55-33-47-15-1-5-19-57-47)24-44(51)28-40-12-10-14-42(54(40)64-36-50-18-4-8-22-60-50)30-46-26-38(32-56-34-48-16-2-6-20-58-48)25-45(52(46)62)29-41-13-9-11-39(27-43)53(41)63-35-49-17-3-7-21-59-49/h1-26,55-56,61-62H,27-36H2. The lowest BCUT2D eigenvalue weighted by Gasteiger charge is -2.22. The molecule has 4 aromatic heterocycles. The van der Waals surface area contributed by atoms with E-state index in [1.807, 2.05) is 84.9 Å². The second-order valence-electron chi connectivity index (χ2n) is 16.1. The van der Waals surface area contributed by atoms with E-state index >= 15 is 0 Å². The third kappa shape index (κ3) is 10.4. The van der Waals surface area contributed by atoms with Crippen molar-refractivity contribution in [3.8, 4) is 23.0 Å². The first-order valence-corrected chi connectivity index (χ1v) is 21.7. The molecule has 0 saturated carbocycles. The predicted molar refractivity (Wildman–Crippen MR) is 247 cm³/mol. The van der Waals surface area contributed by atoms with E-state index in [9.17, 15) is 10.2 Å². The van der Waals surface area contributed by atoms with E-state index in [0.29, 0.717) is 63.4 Å². The topological polar surface area (TPSA) is 135 Å². The molecule has 8 bridgehead atoms. The Morgan fingerprint density at radius 2 is 0.703 bits per heavy atom. The summed E-state index contributed by atoms with van der Waals surface area (Å²) in [5, 5.41) is 31.7. The Labute approximate surface area is 373 Å². The average molecular weight is 847 g/mol. The molecule has 0 fully saturated rings. The van der Waals surface area contributed by atoms with Gasteiger partial charge in [-0.1, -0.05) is 84.9 Å². The SMILES string of the molecule is Oc1c2cc(CNCc3ccccn3)cc1Cc1cccc(c1OCc1ccccn1)Cc1cc(CNCc3ccccn3)cc(c1O)Cc1cccc(c1OCc1ccccn1)C2. The molecule has 8 aromatic rings. The maximum atomic E-state index is 12.3. The fourth-order valence-electron chi connectivity index (χ4n) is 8.37. The lowest BCUT2D eigenvalue weighted by Crippen LogP contribution is -2.14. The van der Waals surface area contributed by atoms with Gasteiger partial charge in [-0.3, -0.25) is 19.9 Å². The molecule has 4 heterocycles. The number of pyridine rings is 4. The summed E-state index contributed by atoms with van der Waals surface area (Å²) in [6.45, 7) is 2.84. The van der Waals surface area contributed by atoms with Crippen LogP contribution in [0.15, 0.2) is 158 Å². The summed E-state index contributed by atoms with van der Waals surface area (Å²) in [4.78, 5) is 18.1. The summed E-state index contributed by atoms with van der Waals surface area (Å²) in [5.41, 5.74) is 12.3. The first-order valence-electron chi connectivity index (χ1n) is 21.7. The Hall–Kier alpha value is -7.40. The van der Waals surface area contributed by atoms with Crippen molar-refractivity contribution >= 4 is 0 Å². The zero-order chi connectivity index (χ0) is 43.5. The number of ether oxygens (including phenoxy) is 2. The van der Waals surface area contributed by atoms with E-state index in [1.54, 1.807) is 24.8 Å². The Morgan fingerprint density at radius 3 is 1.02 bits per heavy atom. The van der Waals surface area contributed by atoms with Crippen LogP contribution in [0.3, 0.4) is 0 Å². The van der Waals surface area contributed by atoms with Crippen molar-refractivity contribution in [2.24, 2.45) is 0 Å². The van der Waals surface area contributed by atoms with E-state index < -0.39 is 0 Å². The Balaban J connectivity index is 1.16. The summed E-state index contributed by atoms with van der Waals surface area (Å²) in [6, 6.07) is 44.0. The van der Waals surface area contributed by atoms with Crippen LogP contribution in [0, 0.1) is 0 Å². The van der Waals surface area contributed by atoms with E-state index in [0.717, 1.165) is 78.4 Å². The number of fused-ring (bicyclic) bond motifs is 8. The van der Waals surface area contributed by atoms with Crippen LogP contribution in [0.4, 0.5) is 0 Å². The highest BCUT2D eigenvalue weighted by Crippen LogP contribution is 2.39. The van der Waals surface area contributed by atoms with Crippen LogP contribution >= 0.6 is 0 Å². The van der Waals surface area contributed by atoms with Gasteiger partial charge in [-0.2, -0.15) is 0 Å². The van der Waals surface area contributed by atoms with Gasteiger partial charge in [0.05, 0.1) is 22.8 Å². The molecular weight excluding hydrogens is 797 g/mol. The van der Waals surface area contributed by atoms with E-state index in [1.165, 1.54) is 0 Å². The number of nitrogens with zero attached hydrogens (tertiary/aromatic N) is 4. The number of phenols is 2. The number of hydrogen-bond acceptors (Lipinski definition) is 10. The molecular formula is C54H50N6O4. The first kappa shape index (κ1) is 41.9. The van der Waals surface area contributed by atoms with Gasteiger partial charge >= 0.3 is 0 Å². The molecule has 4 aromatic carbocycles. The highest BCUT2D eigenvalue weighted by atomic mass is 16.5. The normalized spacial score (nSPS) is 12.1. The maximum Gasteiger partial charge on any atom is 0.130 e. The number of benzene rings is 4. The van der Waals surface area contributed by atoms with Crippen molar-refractivity contribution in [3.05, 3.63) is 237 Å². The van der Waals surface area contributed by atoms with Gasteiger partial charge < -0.3 is 30.3 Å². The molecule has 0 amide bonds. The van der Waals surface area contributed by atoms with Gasteiger partial charge in [0.15, 0.2) is 0 Å². The molecule has 0 atom stereocenters. The molecule has 0 aliphatic heterocycles. The minimum Gasteiger partial charge on any atom is -0.507 e. The van der Waals surface area contributed by atoms with Crippen molar-refractivity contribution in [3.63, 3.8) is 0 Å². The molecule has 1 aliphatic rings. The second kappa shape index (κ2) is 20.2. The Bertz CT molecular complexity index is 2520. The number of para-hydroxylation sites is 2. The van der Waals surface area contributed by atoms with E-state index in [4.69, 9.17) is 9.47 Å². The minimum atomic E-state index is 0.230. The molecule has 0 radical (unpaired) electrons. The van der Waals surface area contributed by atoms with Gasteiger partial charge in [-0.05, 0) is 104 Å². The maximum absolute atomic E-state index is 12.3. The van der Waals surface area contributed by atoms with Crippen molar-refractivity contribution in [1.29, 1.82) is 0 Å². The van der Waals surface area contributed by atoms with Crippen molar-refractivity contribution < 1.29 is 19.7 Å². The fraction of sp³-hybridized carbons (Fsp3) is 0.185. The minimum absolute atomic E-state index is 0.230.